The minimum absolute atomic E-state index is 0.414. The largest absolute Gasteiger partial charge is 0.465 e. The number of hydrogen-bond donors (Lipinski definition) is 0. The third-order valence-electron chi connectivity index (χ3n) is 1.59. The fourth-order valence-corrected chi connectivity index (χ4v) is 1.07. The van der Waals surface area contributed by atoms with Crippen LogP contribution < -0.4 is 5.32 Å². The molecule has 2 amide bonds. The van der Waals surface area contributed by atoms with E-state index >= 15 is 0 Å². The zero-order valence-corrected chi connectivity index (χ0v) is 5.57. The van der Waals surface area contributed by atoms with E-state index in [0.29, 0.717) is 11.1 Å². The molecule has 2 radical (unpaired) electrons. The van der Waals surface area contributed by atoms with Crippen molar-refractivity contribution >= 4 is 11.8 Å². The first-order valence-corrected chi connectivity index (χ1v) is 3.18. The highest BCUT2D eigenvalue weighted by atomic mass is 16.2. The van der Waals surface area contributed by atoms with Crippen molar-refractivity contribution in [3.63, 3.8) is 0 Å². The molecule has 1 aromatic carbocycles. The Morgan fingerprint density at radius 3 is 1.82 bits per heavy atom. The molecule has 1 aliphatic rings. The van der Waals surface area contributed by atoms with Crippen molar-refractivity contribution in [2.24, 2.45) is 0 Å². The lowest BCUT2D eigenvalue weighted by molar-refractivity contribution is 0.0873. The van der Waals surface area contributed by atoms with E-state index < -0.39 is 11.8 Å². The van der Waals surface area contributed by atoms with Crippen molar-refractivity contribution in [2.75, 3.05) is 0 Å². The number of amides is 2. The van der Waals surface area contributed by atoms with Gasteiger partial charge >= 0.3 is 11.8 Å². The molecule has 1 aliphatic heterocycles. The number of fused-ring (bicyclic) bond motifs is 1. The molecule has 52 valence electrons. The summed E-state index contributed by atoms with van der Waals surface area (Å²) < 4.78 is 0. The standard InChI is InChI=1S/C8H4NO2/c10-7-5-3-1-2-4-6(5)8(11)9-7/h1-4H/q+1. The van der Waals surface area contributed by atoms with E-state index in [1.54, 1.807) is 24.3 Å². The van der Waals surface area contributed by atoms with Crippen LogP contribution in [0.15, 0.2) is 24.3 Å². The maximum atomic E-state index is 10.9. The lowest BCUT2D eigenvalue weighted by atomic mass is 10.1. The Kier molecular flexibility index (Phi) is 1.14. The predicted octanol–water partition coefficient (Wildman–Crippen LogP) is 0.585. The third-order valence-corrected chi connectivity index (χ3v) is 1.59. The molecule has 0 unspecified atom stereocenters. The summed E-state index contributed by atoms with van der Waals surface area (Å²) in [7, 11) is 0. The number of imide groups is 1. The van der Waals surface area contributed by atoms with Gasteiger partial charge in [0, 0.05) is 0 Å². The quantitative estimate of drug-likeness (QED) is 0.503. The fourth-order valence-electron chi connectivity index (χ4n) is 1.07. The molecular weight excluding hydrogens is 142 g/mol. The fraction of sp³-hybridized carbons (Fsp3) is 0. The topological polar surface area (TPSA) is 48.2 Å². The van der Waals surface area contributed by atoms with E-state index in [-0.39, 0.29) is 0 Å². The number of rotatable bonds is 0. The number of benzene rings is 1. The Morgan fingerprint density at radius 1 is 0.909 bits per heavy atom. The van der Waals surface area contributed by atoms with Gasteiger partial charge in [-0.05, 0) is 12.1 Å². The summed E-state index contributed by atoms with van der Waals surface area (Å²) in [6.45, 7) is 0. The van der Waals surface area contributed by atoms with Crippen LogP contribution in [0.25, 0.3) is 0 Å². The van der Waals surface area contributed by atoms with Crippen molar-refractivity contribution in [1.29, 1.82) is 0 Å². The lowest BCUT2D eigenvalue weighted by Crippen LogP contribution is -2.10. The van der Waals surface area contributed by atoms with Gasteiger partial charge in [0.15, 0.2) is 0 Å². The van der Waals surface area contributed by atoms with Crippen molar-refractivity contribution in [2.45, 2.75) is 0 Å². The molecule has 0 fully saturated rings. The average molecular weight is 146 g/mol. The minimum atomic E-state index is -0.425. The van der Waals surface area contributed by atoms with Gasteiger partial charge in [0.25, 0.3) is 0 Å². The first-order chi connectivity index (χ1) is 5.29. The van der Waals surface area contributed by atoms with Crippen LogP contribution in [0.3, 0.4) is 0 Å². The Balaban J connectivity index is 2.69. The molecule has 1 heterocycles. The summed E-state index contributed by atoms with van der Waals surface area (Å²) in [5.74, 6) is -0.851. The van der Waals surface area contributed by atoms with Crippen LogP contribution in [-0.2, 0) is 0 Å². The van der Waals surface area contributed by atoms with Crippen LogP contribution >= 0.6 is 0 Å². The molecule has 0 saturated carbocycles. The minimum Gasteiger partial charge on any atom is -0.212 e. The molecule has 0 spiro atoms. The second-order valence-electron chi connectivity index (χ2n) is 2.27. The highest BCUT2D eigenvalue weighted by Crippen LogP contribution is 2.14. The van der Waals surface area contributed by atoms with E-state index in [4.69, 9.17) is 0 Å². The summed E-state index contributed by atoms with van der Waals surface area (Å²) in [6.07, 6.45) is 0. The molecule has 1 aromatic rings. The van der Waals surface area contributed by atoms with E-state index in [1.165, 1.54) is 0 Å². The zero-order valence-electron chi connectivity index (χ0n) is 5.57. The molecular formula is C8H4NO2+. The van der Waals surface area contributed by atoms with Crippen LogP contribution in [0.1, 0.15) is 20.7 Å². The second kappa shape index (κ2) is 2.00. The molecule has 0 bridgehead atoms. The zero-order chi connectivity index (χ0) is 7.84. The molecule has 0 aromatic heterocycles. The van der Waals surface area contributed by atoms with Gasteiger partial charge in [0.05, 0.1) is 0 Å². The third kappa shape index (κ3) is 0.782. The molecule has 0 atom stereocenters. The normalized spacial score (nSPS) is 15.3. The summed E-state index contributed by atoms with van der Waals surface area (Å²) in [6, 6.07) is 6.63. The molecule has 3 heteroatoms. The lowest BCUT2D eigenvalue weighted by Gasteiger charge is -1.83. The van der Waals surface area contributed by atoms with Gasteiger partial charge in [0.2, 0.25) is 5.32 Å². The van der Waals surface area contributed by atoms with Crippen LogP contribution in [0, 0.1) is 0 Å². The van der Waals surface area contributed by atoms with Crippen molar-refractivity contribution in [1.82, 2.24) is 5.32 Å². The Bertz CT molecular complexity index is 311. The first kappa shape index (κ1) is 6.24. The summed E-state index contributed by atoms with van der Waals surface area (Å²) in [4.78, 5) is 21.8. The molecule has 11 heavy (non-hydrogen) atoms. The Morgan fingerprint density at radius 2 is 1.36 bits per heavy atom. The number of nitrogens with zero attached hydrogens (tertiary/aromatic N) is 1. The van der Waals surface area contributed by atoms with Gasteiger partial charge in [-0.15, -0.1) is 0 Å². The smallest absolute Gasteiger partial charge is 0.212 e. The van der Waals surface area contributed by atoms with Crippen LogP contribution in [0.2, 0.25) is 0 Å². The van der Waals surface area contributed by atoms with Crippen LogP contribution in [-0.4, -0.2) is 11.8 Å². The molecule has 0 saturated heterocycles. The predicted molar refractivity (Wildman–Crippen MR) is 37.2 cm³/mol. The average Bonchev–Trinajstić information content (AvgIpc) is 2.30. The summed E-state index contributed by atoms with van der Waals surface area (Å²) in [5.41, 5.74) is 0.829. The number of hydrogen-bond acceptors (Lipinski definition) is 2. The maximum Gasteiger partial charge on any atom is 0.465 e. The summed E-state index contributed by atoms with van der Waals surface area (Å²) >= 11 is 0. The van der Waals surface area contributed by atoms with Crippen molar-refractivity contribution in [3.8, 4) is 0 Å². The molecule has 0 N–H and O–H groups in total. The summed E-state index contributed by atoms with van der Waals surface area (Å²) in [5, 5.41) is 3.28. The van der Waals surface area contributed by atoms with Crippen molar-refractivity contribution in [3.05, 3.63) is 35.4 Å². The highest BCUT2D eigenvalue weighted by Gasteiger charge is 2.43. The Hall–Kier alpha value is -1.48. The van der Waals surface area contributed by atoms with Gasteiger partial charge in [-0.2, -0.15) is 0 Å². The van der Waals surface area contributed by atoms with Gasteiger partial charge in [-0.3, -0.25) is 0 Å². The van der Waals surface area contributed by atoms with E-state index in [1.807, 2.05) is 0 Å². The van der Waals surface area contributed by atoms with Gasteiger partial charge in [-0.1, -0.05) is 12.1 Å². The van der Waals surface area contributed by atoms with Crippen LogP contribution in [0.5, 0.6) is 0 Å². The van der Waals surface area contributed by atoms with E-state index in [0.717, 1.165) is 0 Å². The second-order valence-corrected chi connectivity index (χ2v) is 2.27. The van der Waals surface area contributed by atoms with Gasteiger partial charge in [0.1, 0.15) is 11.1 Å². The highest BCUT2D eigenvalue weighted by molar-refractivity contribution is 6.21. The Labute approximate surface area is 63.0 Å². The monoisotopic (exact) mass is 146 g/mol. The molecule has 3 nitrogen and oxygen atoms in total. The maximum absolute atomic E-state index is 10.9. The number of carbonyl (C=O) groups excluding carboxylic acids is 2. The van der Waals surface area contributed by atoms with Crippen molar-refractivity contribution < 1.29 is 9.59 Å². The van der Waals surface area contributed by atoms with E-state index in [2.05, 4.69) is 5.32 Å². The molecule has 0 aliphatic carbocycles. The molecule has 2 rings (SSSR count). The van der Waals surface area contributed by atoms with Gasteiger partial charge in [-0.25, -0.2) is 9.59 Å². The number of carbonyl (C=O) groups is 2. The SMILES string of the molecule is O=C1[N+]C(=O)c2ccccc21. The van der Waals surface area contributed by atoms with Gasteiger partial charge < -0.3 is 0 Å². The van der Waals surface area contributed by atoms with E-state index in [9.17, 15) is 9.59 Å². The first-order valence-electron chi connectivity index (χ1n) is 3.18. The van der Waals surface area contributed by atoms with Crippen LogP contribution in [0.4, 0.5) is 0 Å².